The third-order valence-corrected chi connectivity index (χ3v) is 6.01. The number of hydrogen-bond acceptors (Lipinski definition) is 6. The first kappa shape index (κ1) is 22.0. The van der Waals surface area contributed by atoms with Gasteiger partial charge in [0, 0.05) is 57.4 Å². The molecular weight excluding hydrogens is 390 g/mol. The van der Waals surface area contributed by atoms with Gasteiger partial charge >= 0.3 is 5.97 Å². The molecule has 1 aromatic rings. The third-order valence-electron chi connectivity index (χ3n) is 6.01. The van der Waals surface area contributed by atoms with Crippen molar-refractivity contribution in [2.45, 2.75) is 44.6 Å². The SMILES string of the molecule is COC(OC)C1CCN(c2ccc3c(c2)CN([C@@H](CCC(=O)O)C(N)=O)C3=O)CC1. The topological polar surface area (TPSA) is 122 Å². The maximum Gasteiger partial charge on any atom is 0.303 e. The van der Waals surface area contributed by atoms with Crippen molar-refractivity contribution < 1.29 is 29.0 Å². The number of ether oxygens (including phenoxy) is 2. The number of anilines is 1. The number of carboxylic acids is 1. The molecule has 1 fully saturated rings. The molecule has 0 spiro atoms. The molecule has 164 valence electrons. The third kappa shape index (κ3) is 4.57. The Hall–Kier alpha value is -2.65. The number of methoxy groups -OCH3 is 2. The molecule has 0 bridgehead atoms. The zero-order valence-corrected chi connectivity index (χ0v) is 17.4. The van der Waals surface area contributed by atoms with Crippen molar-refractivity contribution in [3.63, 3.8) is 0 Å². The zero-order valence-electron chi connectivity index (χ0n) is 17.4. The minimum absolute atomic E-state index is 0.00489. The summed E-state index contributed by atoms with van der Waals surface area (Å²) in [4.78, 5) is 39.2. The fraction of sp³-hybridized carbons (Fsp3) is 0.571. The number of piperidine rings is 1. The molecule has 3 N–H and O–H groups in total. The van der Waals surface area contributed by atoms with Crippen LogP contribution in [0.3, 0.4) is 0 Å². The Labute approximate surface area is 175 Å². The number of nitrogens with two attached hydrogens (primary N) is 1. The van der Waals surface area contributed by atoms with E-state index in [9.17, 15) is 14.4 Å². The van der Waals surface area contributed by atoms with Crippen LogP contribution < -0.4 is 10.6 Å². The van der Waals surface area contributed by atoms with E-state index in [1.54, 1.807) is 20.3 Å². The quantitative estimate of drug-likeness (QED) is 0.577. The number of aliphatic carboxylic acids is 1. The number of carboxylic acid groups (broad SMARTS) is 1. The molecule has 9 heteroatoms. The van der Waals surface area contributed by atoms with Crippen LogP contribution in [0.4, 0.5) is 5.69 Å². The molecule has 0 radical (unpaired) electrons. The summed E-state index contributed by atoms with van der Waals surface area (Å²) in [6.07, 6.45) is 1.46. The minimum Gasteiger partial charge on any atom is -0.481 e. The number of carbonyl (C=O) groups excluding carboxylic acids is 2. The molecule has 2 amide bonds. The number of benzene rings is 1. The Kier molecular flexibility index (Phi) is 6.94. The number of nitrogens with zero attached hydrogens (tertiary/aromatic N) is 2. The van der Waals surface area contributed by atoms with Gasteiger partial charge in [0.2, 0.25) is 5.91 Å². The van der Waals surface area contributed by atoms with Crippen LogP contribution in [0, 0.1) is 5.92 Å². The van der Waals surface area contributed by atoms with Gasteiger partial charge in [0.05, 0.1) is 0 Å². The first-order chi connectivity index (χ1) is 14.3. The lowest BCUT2D eigenvalue weighted by Gasteiger charge is -2.36. The predicted octanol–water partition coefficient (Wildman–Crippen LogP) is 1.20. The van der Waals surface area contributed by atoms with E-state index in [1.807, 2.05) is 12.1 Å². The average molecular weight is 419 g/mol. The van der Waals surface area contributed by atoms with Gasteiger partial charge in [-0.1, -0.05) is 0 Å². The molecule has 0 unspecified atom stereocenters. The van der Waals surface area contributed by atoms with Crippen LogP contribution in [0.25, 0.3) is 0 Å². The van der Waals surface area contributed by atoms with Crippen molar-refractivity contribution in [3.05, 3.63) is 29.3 Å². The summed E-state index contributed by atoms with van der Waals surface area (Å²) in [5.74, 6) is -1.66. The second-order valence-electron chi connectivity index (χ2n) is 7.79. The van der Waals surface area contributed by atoms with E-state index in [-0.39, 0.29) is 31.6 Å². The van der Waals surface area contributed by atoms with Gasteiger partial charge in [-0.05, 0) is 43.0 Å². The van der Waals surface area contributed by atoms with Crippen molar-refractivity contribution in [3.8, 4) is 0 Å². The predicted molar refractivity (Wildman–Crippen MR) is 109 cm³/mol. The molecule has 1 aromatic carbocycles. The molecule has 9 nitrogen and oxygen atoms in total. The lowest BCUT2D eigenvalue weighted by atomic mass is 9.95. The van der Waals surface area contributed by atoms with E-state index in [0.717, 1.165) is 37.2 Å². The fourth-order valence-corrected chi connectivity index (χ4v) is 4.40. The van der Waals surface area contributed by atoms with Gasteiger partial charge < -0.3 is 30.1 Å². The summed E-state index contributed by atoms with van der Waals surface area (Å²) in [5.41, 5.74) is 7.84. The first-order valence-electron chi connectivity index (χ1n) is 10.1. The van der Waals surface area contributed by atoms with Crippen LogP contribution >= 0.6 is 0 Å². The minimum atomic E-state index is -1.03. The van der Waals surface area contributed by atoms with Gasteiger partial charge in [-0.25, -0.2) is 0 Å². The molecular formula is C21H29N3O6. The highest BCUT2D eigenvalue weighted by Gasteiger charge is 2.36. The van der Waals surface area contributed by atoms with Gasteiger partial charge in [-0.15, -0.1) is 0 Å². The number of rotatable bonds is 9. The Morgan fingerprint density at radius 3 is 2.47 bits per heavy atom. The second kappa shape index (κ2) is 9.44. The molecule has 3 rings (SSSR count). The molecule has 1 saturated heterocycles. The van der Waals surface area contributed by atoms with Crippen LogP contribution in [-0.2, 0) is 25.6 Å². The van der Waals surface area contributed by atoms with Crippen molar-refractivity contribution >= 4 is 23.5 Å². The molecule has 0 aromatic heterocycles. The average Bonchev–Trinajstić information content (AvgIpc) is 3.05. The summed E-state index contributed by atoms with van der Waals surface area (Å²) in [6.45, 7) is 1.96. The zero-order chi connectivity index (χ0) is 21.8. The highest BCUT2D eigenvalue weighted by Crippen LogP contribution is 2.32. The fourth-order valence-electron chi connectivity index (χ4n) is 4.40. The Morgan fingerprint density at radius 1 is 1.23 bits per heavy atom. The molecule has 0 saturated carbocycles. The standard InChI is InChI=1S/C21H29N3O6/c1-29-21(30-2)13-7-9-23(10-8-13)15-3-4-16-14(11-15)12-24(20(16)28)17(19(22)27)5-6-18(25)26/h3-4,11,13,17,21H,5-10,12H2,1-2H3,(H2,22,27)(H,25,26)/t17-/m0/s1. The van der Waals surface area contributed by atoms with Crippen molar-refractivity contribution in [2.75, 3.05) is 32.2 Å². The van der Waals surface area contributed by atoms with E-state index < -0.39 is 17.9 Å². The number of amides is 2. The summed E-state index contributed by atoms with van der Waals surface area (Å²) in [5, 5.41) is 8.91. The maximum absolute atomic E-state index is 12.8. The lowest BCUT2D eigenvalue weighted by Crippen LogP contribution is -2.45. The van der Waals surface area contributed by atoms with Crippen molar-refractivity contribution in [2.24, 2.45) is 11.7 Å². The Morgan fingerprint density at radius 2 is 1.90 bits per heavy atom. The number of primary amides is 1. The molecule has 2 aliphatic heterocycles. The van der Waals surface area contributed by atoms with E-state index in [0.29, 0.717) is 11.5 Å². The maximum atomic E-state index is 12.8. The summed E-state index contributed by atoms with van der Waals surface area (Å²) >= 11 is 0. The smallest absolute Gasteiger partial charge is 0.303 e. The Balaban J connectivity index is 1.70. The van der Waals surface area contributed by atoms with Crippen LogP contribution in [0.1, 0.15) is 41.6 Å². The molecule has 2 aliphatic rings. The highest BCUT2D eigenvalue weighted by atomic mass is 16.7. The van der Waals surface area contributed by atoms with Crippen LogP contribution in [0.2, 0.25) is 0 Å². The number of hydrogen-bond donors (Lipinski definition) is 2. The van der Waals surface area contributed by atoms with Crippen molar-refractivity contribution in [1.82, 2.24) is 4.90 Å². The van der Waals surface area contributed by atoms with Crippen LogP contribution in [0.15, 0.2) is 18.2 Å². The van der Waals surface area contributed by atoms with E-state index in [4.69, 9.17) is 20.3 Å². The first-order valence-corrected chi connectivity index (χ1v) is 10.1. The lowest BCUT2D eigenvalue weighted by molar-refractivity contribution is -0.141. The van der Waals surface area contributed by atoms with E-state index in [2.05, 4.69) is 4.90 Å². The number of fused-ring (bicyclic) bond motifs is 1. The van der Waals surface area contributed by atoms with Crippen molar-refractivity contribution in [1.29, 1.82) is 0 Å². The van der Waals surface area contributed by atoms with Crippen LogP contribution in [-0.4, -0.2) is 67.4 Å². The largest absolute Gasteiger partial charge is 0.481 e. The van der Waals surface area contributed by atoms with E-state index in [1.165, 1.54) is 4.90 Å². The summed E-state index contributed by atoms with van der Waals surface area (Å²) in [6, 6.07) is 4.75. The normalized spacial score (nSPS) is 18.0. The molecule has 0 aliphatic carbocycles. The second-order valence-corrected chi connectivity index (χ2v) is 7.79. The van der Waals surface area contributed by atoms with Gasteiger partial charge in [0.1, 0.15) is 6.04 Å². The molecule has 2 heterocycles. The highest BCUT2D eigenvalue weighted by molar-refractivity contribution is 6.01. The van der Waals surface area contributed by atoms with Gasteiger partial charge in [0.15, 0.2) is 6.29 Å². The van der Waals surface area contributed by atoms with Gasteiger partial charge in [-0.3, -0.25) is 14.4 Å². The van der Waals surface area contributed by atoms with Crippen LogP contribution in [0.5, 0.6) is 0 Å². The molecule has 30 heavy (non-hydrogen) atoms. The Bertz CT molecular complexity index is 802. The molecule has 1 atom stereocenters. The van der Waals surface area contributed by atoms with E-state index >= 15 is 0 Å². The number of carbonyl (C=O) groups is 3. The monoisotopic (exact) mass is 419 g/mol. The van der Waals surface area contributed by atoms with Gasteiger partial charge in [0.25, 0.3) is 5.91 Å². The summed E-state index contributed by atoms with van der Waals surface area (Å²) < 4.78 is 10.8. The van der Waals surface area contributed by atoms with Gasteiger partial charge in [-0.2, -0.15) is 0 Å². The summed E-state index contributed by atoms with van der Waals surface area (Å²) in [7, 11) is 3.30.